The first-order valence-corrected chi connectivity index (χ1v) is 4.70. The summed E-state index contributed by atoms with van der Waals surface area (Å²) in [6.45, 7) is 1.85. The minimum Gasteiger partial charge on any atom is -0.505 e. The van der Waals surface area contributed by atoms with Crippen molar-refractivity contribution in [2.75, 3.05) is 7.05 Å². The molecule has 1 rings (SSSR count). The highest BCUT2D eigenvalue weighted by Crippen LogP contribution is 2.30. The third-order valence-corrected chi connectivity index (χ3v) is 2.42. The molecule has 1 aromatic carbocycles. The molecule has 0 bridgehead atoms. The zero-order valence-electron chi connectivity index (χ0n) is 7.44. The van der Waals surface area contributed by atoms with Crippen LogP contribution in [-0.2, 0) is 0 Å². The molecule has 13 heavy (non-hydrogen) atoms. The molecule has 0 saturated heterocycles. The summed E-state index contributed by atoms with van der Waals surface area (Å²) in [5, 5.41) is 12.3. The molecule has 0 aliphatic carbocycles. The zero-order chi connectivity index (χ0) is 10.0. The van der Waals surface area contributed by atoms with E-state index in [9.17, 15) is 9.50 Å². The molecule has 0 aliphatic heterocycles. The quantitative estimate of drug-likeness (QED) is 0.843. The average Bonchev–Trinajstić information content (AvgIpc) is 2.10. The van der Waals surface area contributed by atoms with Crippen molar-refractivity contribution < 1.29 is 9.50 Å². The molecule has 0 aliphatic rings. The Bertz CT molecular complexity index is 317. The van der Waals surface area contributed by atoms with Gasteiger partial charge in [0, 0.05) is 16.1 Å². The summed E-state index contributed by atoms with van der Waals surface area (Å²) in [5.74, 6) is -0.892. The molecule has 1 aromatic rings. The van der Waals surface area contributed by atoms with Gasteiger partial charge in [-0.15, -0.1) is 0 Å². The molecule has 2 N–H and O–H groups in total. The Hall–Kier alpha value is -0.610. The van der Waals surface area contributed by atoms with E-state index in [1.807, 2.05) is 6.92 Å². The number of hydrogen-bond acceptors (Lipinski definition) is 2. The number of rotatable bonds is 2. The van der Waals surface area contributed by atoms with E-state index in [1.165, 1.54) is 6.07 Å². The van der Waals surface area contributed by atoms with Crippen LogP contribution in [0, 0.1) is 5.82 Å². The van der Waals surface area contributed by atoms with E-state index < -0.39 is 5.82 Å². The van der Waals surface area contributed by atoms with E-state index in [1.54, 1.807) is 13.1 Å². The van der Waals surface area contributed by atoms with E-state index in [4.69, 9.17) is 0 Å². The van der Waals surface area contributed by atoms with Crippen molar-refractivity contribution in [2.45, 2.75) is 13.0 Å². The fourth-order valence-electron chi connectivity index (χ4n) is 1.07. The summed E-state index contributed by atoms with van der Waals surface area (Å²) in [5.41, 5.74) is 0.550. The molecule has 0 heterocycles. The van der Waals surface area contributed by atoms with E-state index in [-0.39, 0.29) is 11.8 Å². The van der Waals surface area contributed by atoms with Gasteiger partial charge in [-0.25, -0.2) is 4.39 Å². The van der Waals surface area contributed by atoms with E-state index in [0.29, 0.717) is 10.0 Å². The second-order valence-corrected chi connectivity index (χ2v) is 3.75. The molecule has 72 valence electrons. The minimum atomic E-state index is -0.605. The lowest BCUT2D eigenvalue weighted by atomic mass is 10.1. The van der Waals surface area contributed by atoms with Gasteiger partial charge in [-0.1, -0.05) is 15.9 Å². The van der Waals surface area contributed by atoms with Crippen molar-refractivity contribution in [1.82, 2.24) is 5.32 Å². The third kappa shape index (κ3) is 2.19. The van der Waals surface area contributed by atoms with Crippen LogP contribution in [0.4, 0.5) is 4.39 Å². The highest BCUT2D eigenvalue weighted by Gasteiger charge is 2.13. The van der Waals surface area contributed by atoms with Crippen molar-refractivity contribution in [3.05, 3.63) is 28.0 Å². The van der Waals surface area contributed by atoms with Crippen LogP contribution >= 0.6 is 15.9 Å². The van der Waals surface area contributed by atoms with Crippen molar-refractivity contribution >= 4 is 15.9 Å². The second-order valence-electron chi connectivity index (χ2n) is 2.84. The van der Waals surface area contributed by atoms with Gasteiger partial charge in [0.2, 0.25) is 0 Å². The topological polar surface area (TPSA) is 32.3 Å². The standard InChI is InChI=1S/C9H11BrFNO/c1-5(12-2)7-3-6(10)4-8(11)9(7)13/h3-5,12-13H,1-2H3. The van der Waals surface area contributed by atoms with Crippen molar-refractivity contribution in [3.63, 3.8) is 0 Å². The Balaban J connectivity index is 3.20. The summed E-state index contributed by atoms with van der Waals surface area (Å²) in [4.78, 5) is 0. The number of halogens is 2. The largest absolute Gasteiger partial charge is 0.505 e. The summed E-state index contributed by atoms with van der Waals surface area (Å²) in [6, 6.07) is 2.85. The van der Waals surface area contributed by atoms with Crippen LogP contribution in [0.5, 0.6) is 5.75 Å². The molecule has 4 heteroatoms. The SMILES string of the molecule is CNC(C)c1cc(Br)cc(F)c1O. The van der Waals surface area contributed by atoms with Crippen LogP contribution in [0.1, 0.15) is 18.5 Å². The van der Waals surface area contributed by atoms with Gasteiger partial charge in [0.25, 0.3) is 0 Å². The molecule has 0 fully saturated rings. The lowest BCUT2D eigenvalue weighted by Crippen LogP contribution is -2.12. The van der Waals surface area contributed by atoms with Gasteiger partial charge >= 0.3 is 0 Å². The maximum atomic E-state index is 13.0. The summed E-state index contributed by atoms with van der Waals surface area (Å²) < 4.78 is 13.7. The normalized spacial score (nSPS) is 12.9. The predicted octanol–water partition coefficient (Wildman–Crippen LogP) is 2.57. The van der Waals surface area contributed by atoms with Gasteiger partial charge < -0.3 is 10.4 Å². The Morgan fingerprint density at radius 3 is 2.69 bits per heavy atom. The predicted molar refractivity (Wildman–Crippen MR) is 53.2 cm³/mol. The van der Waals surface area contributed by atoms with Gasteiger partial charge in [0.15, 0.2) is 11.6 Å². The molecule has 0 amide bonds. The Morgan fingerprint density at radius 1 is 1.54 bits per heavy atom. The summed E-state index contributed by atoms with van der Waals surface area (Å²) in [7, 11) is 1.75. The van der Waals surface area contributed by atoms with Crippen LogP contribution in [0.2, 0.25) is 0 Å². The number of aromatic hydroxyl groups is 1. The molecule has 0 radical (unpaired) electrons. The number of nitrogens with one attached hydrogen (secondary N) is 1. The van der Waals surface area contributed by atoms with E-state index >= 15 is 0 Å². The molecular weight excluding hydrogens is 237 g/mol. The van der Waals surface area contributed by atoms with E-state index in [2.05, 4.69) is 21.2 Å². The summed E-state index contributed by atoms with van der Waals surface area (Å²) in [6.07, 6.45) is 0. The van der Waals surface area contributed by atoms with Crippen molar-refractivity contribution in [2.24, 2.45) is 0 Å². The first-order valence-electron chi connectivity index (χ1n) is 3.91. The summed E-state index contributed by atoms with van der Waals surface area (Å²) >= 11 is 3.17. The maximum absolute atomic E-state index is 13.0. The minimum absolute atomic E-state index is 0.0769. The number of benzene rings is 1. The zero-order valence-corrected chi connectivity index (χ0v) is 9.02. The van der Waals surface area contributed by atoms with Gasteiger partial charge in [-0.2, -0.15) is 0 Å². The lowest BCUT2D eigenvalue weighted by molar-refractivity contribution is 0.417. The molecule has 0 saturated carbocycles. The van der Waals surface area contributed by atoms with Crippen LogP contribution in [0.25, 0.3) is 0 Å². The molecule has 1 unspecified atom stereocenters. The molecular formula is C9H11BrFNO. The van der Waals surface area contributed by atoms with Gasteiger partial charge in [-0.3, -0.25) is 0 Å². The molecule has 0 aromatic heterocycles. The van der Waals surface area contributed by atoms with Crippen molar-refractivity contribution in [1.29, 1.82) is 0 Å². The molecule has 0 spiro atoms. The van der Waals surface area contributed by atoms with Crippen molar-refractivity contribution in [3.8, 4) is 5.75 Å². The number of phenolic OH excluding ortho intramolecular Hbond substituents is 1. The second kappa shape index (κ2) is 4.07. The monoisotopic (exact) mass is 247 g/mol. The Kier molecular flexibility index (Phi) is 3.27. The molecule has 2 nitrogen and oxygen atoms in total. The van der Waals surface area contributed by atoms with Crippen LogP contribution in [0.3, 0.4) is 0 Å². The maximum Gasteiger partial charge on any atom is 0.166 e. The Labute approximate surface area is 84.9 Å². The fourth-order valence-corrected chi connectivity index (χ4v) is 1.52. The lowest BCUT2D eigenvalue weighted by Gasteiger charge is -2.13. The van der Waals surface area contributed by atoms with E-state index in [0.717, 1.165) is 0 Å². The number of phenols is 1. The fraction of sp³-hybridized carbons (Fsp3) is 0.333. The van der Waals surface area contributed by atoms with Gasteiger partial charge in [0.05, 0.1) is 0 Å². The van der Waals surface area contributed by atoms with Gasteiger partial charge in [0.1, 0.15) is 0 Å². The smallest absolute Gasteiger partial charge is 0.166 e. The molecule has 1 atom stereocenters. The average molecular weight is 248 g/mol. The highest BCUT2D eigenvalue weighted by atomic mass is 79.9. The van der Waals surface area contributed by atoms with Crippen LogP contribution in [-0.4, -0.2) is 12.2 Å². The highest BCUT2D eigenvalue weighted by molar-refractivity contribution is 9.10. The first kappa shape index (κ1) is 10.5. The van der Waals surface area contributed by atoms with Crippen LogP contribution in [0.15, 0.2) is 16.6 Å². The Morgan fingerprint density at radius 2 is 2.15 bits per heavy atom. The number of hydrogen-bond donors (Lipinski definition) is 2. The third-order valence-electron chi connectivity index (χ3n) is 1.96. The van der Waals surface area contributed by atoms with Gasteiger partial charge in [-0.05, 0) is 26.1 Å². The van der Waals surface area contributed by atoms with Crippen LogP contribution < -0.4 is 5.32 Å². The first-order chi connectivity index (χ1) is 6.06.